The van der Waals surface area contributed by atoms with Gasteiger partial charge in [0, 0.05) is 38.3 Å². The second-order valence-electron chi connectivity index (χ2n) is 7.05. The molecule has 2 N–H and O–H groups in total. The summed E-state index contributed by atoms with van der Waals surface area (Å²) in [7, 11) is -3.09. The van der Waals surface area contributed by atoms with E-state index in [9.17, 15) is 23.8 Å². The Labute approximate surface area is 152 Å². The molecule has 7 nitrogen and oxygen atoms in total. The highest BCUT2D eigenvalue weighted by molar-refractivity contribution is 8.00. The summed E-state index contributed by atoms with van der Waals surface area (Å²) in [5, 5.41) is 2.49. The number of carbonyl (C=O) groups excluding carboxylic acids is 3. The molecule has 0 spiro atoms. The van der Waals surface area contributed by atoms with E-state index in [2.05, 4.69) is 5.32 Å². The lowest BCUT2D eigenvalue weighted by Gasteiger charge is -2.30. The maximum atomic E-state index is 12.2. The molecule has 2 unspecified atom stereocenters. The number of nitrogens with one attached hydrogen (secondary N) is 1. The third kappa shape index (κ3) is 5.83. The summed E-state index contributed by atoms with van der Waals surface area (Å²) in [5.74, 6) is -0.0637. The minimum Gasteiger partial charge on any atom is -0.355 e. The third-order valence-electron chi connectivity index (χ3n) is 4.97. The van der Waals surface area contributed by atoms with Crippen molar-refractivity contribution in [3.8, 4) is 0 Å². The summed E-state index contributed by atoms with van der Waals surface area (Å²) >= 11 is 1.42. The van der Waals surface area contributed by atoms with Crippen LogP contribution in [0.15, 0.2) is 0 Å². The Morgan fingerprint density at radius 2 is 1.96 bits per heavy atom. The van der Waals surface area contributed by atoms with Crippen molar-refractivity contribution in [1.82, 2.24) is 10.2 Å². The molecule has 0 bridgehead atoms. The molecule has 9 heteroatoms. The molecule has 1 heterocycles. The highest BCUT2D eigenvalue weighted by Gasteiger charge is 2.39. The van der Waals surface area contributed by atoms with Gasteiger partial charge in [-0.1, -0.05) is 0 Å². The SMILES string of the molecule is CSC1CC(=O)N(CC2CCC(C(=O)NCCP(C)(=O)O)CC2)C1=O. The first-order valence-corrected chi connectivity index (χ1v) is 12.2. The number of likely N-dealkylation sites (tertiary alicyclic amines) is 1. The van der Waals surface area contributed by atoms with Crippen molar-refractivity contribution >= 4 is 36.9 Å². The zero-order valence-electron chi connectivity index (χ0n) is 14.8. The van der Waals surface area contributed by atoms with E-state index in [1.165, 1.54) is 23.3 Å². The van der Waals surface area contributed by atoms with E-state index >= 15 is 0 Å². The van der Waals surface area contributed by atoms with E-state index in [0.29, 0.717) is 13.0 Å². The Hall–Kier alpha value is -0.850. The van der Waals surface area contributed by atoms with Gasteiger partial charge in [0.1, 0.15) is 0 Å². The Bertz CT molecular complexity index is 571. The van der Waals surface area contributed by atoms with E-state index in [0.717, 1.165) is 25.7 Å². The van der Waals surface area contributed by atoms with Crippen LogP contribution in [0.5, 0.6) is 0 Å². The van der Waals surface area contributed by atoms with Gasteiger partial charge in [0.25, 0.3) is 0 Å². The highest BCUT2D eigenvalue weighted by Crippen LogP contribution is 2.34. The van der Waals surface area contributed by atoms with Gasteiger partial charge in [-0.15, -0.1) is 0 Å². The summed E-state index contributed by atoms with van der Waals surface area (Å²) in [6.07, 6.45) is 5.30. The highest BCUT2D eigenvalue weighted by atomic mass is 32.2. The van der Waals surface area contributed by atoms with Crippen LogP contribution in [0.2, 0.25) is 0 Å². The molecule has 2 atom stereocenters. The van der Waals surface area contributed by atoms with Crippen LogP contribution in [0.1, 0.15) is 32.1 Å². The van der Waals surface area contributed by atoms with Crippen LogP contribution in [-0.2, 0) is 18.9 Å². The topological polar surface area (TPSA) is 104 Å². The monoisotopic (exact) mass is 390 g/mol. The van der Waals surface area contributed by atoms with Crippen LogP contribution in [0, 0.1) is 11.8 Å². The van der Waals surface area contributed by atoms with Gasteiger partial charge in [-0.05, 0) is 37.9 Å². The number of hydrogen-bond donors (Lipinski definition) is 2. The fraction of sp³-hybridized carbons (Fsp3) is 0.812. The molecule has 0 radical (unpaired) electrons. The number of imide groups is 1. The van der Waals surface area contributed by atoms with E-state index in [1.54, 1.807) is 0 Å². The number of nitrogens with zero attached hydrogens (tertiary/aromatic N) is 1. The lowest BCUT2D eigenvalue weighted by Crippen LogP contribution is -2.39. The van der Waals surface area contributed by atoms with Crippen molar-refractivity contribution < 1.29 is 23.8 Å². The van der Waals surface area contributed by atoms with Gasteiger partial charge in [0.2, 0.25) is 17.7 Å². The fourth-order valence-corrected chi connectivity index (χ4v) is 4.59. The largest absolute Gasteiger partial charge is 0.355 e. The molecule has 1 saturated carbocycles. The summed E-state index contributed by atoms with van der Waals surface area (Å²) in [4.78, 5) is 46.9. The van der Waals surface area contributed by atoms with Gasteiger partial charge in [0.05, 0.1) is 5.25 Å². The quantitative estimate of drug-likeness (QED) is 0.502. The summed E-state index contributed by atoms with van der Waals surface area (Å²) in [6.45, 7) is 1.97. The van der Waals surface area contributed by atoms with Gasteiger partial charge in [0.15, 0.2) is 7.37 Å². The Kier molecular flexibility index (Phi) is 7.11. The number of rotatable bonds is 7. The van der Waals surface area contributed by atoms with E-state index in [4.69, 9.17) is 0 Å². The van der Waals surface area contributed by atoms with Gasteiger partial charge >= 0.3 is 0 Å². The normalized spacial score (nSPS) is 29.6. The summed E-state index contributed by atoms with van der Waals surface area (Å²) in [5.41, 5.74) is 0. The number of thioether (sulfide) groups is 1. The molecule has 142 valence electrons. The van der Waals surface area contributed by atoms with E-state index < -0.39 is 7.37 Å². The predicted octanol–water partition coefficient (Wildman–Crippen LogP) is 1.30. The first-order chi connectivity index (χ1) is 11.7. The van der Waals surface area contributed by atoms with Crippen molar-refractivity contribution in [2.45, 2.75) is 37.4 Å². The molecular formula is C16H27N2O5PS. The van der Waals surface area contributed by atoms with Crippen molar-refractivity contribution in [2.24, 2.45) is 11.8 Å². The molecule has 2 aliphatic rings. The van der Waals surface area contributed by atoms with Crippen molar-refractivity contribution in [3.05, 3.63) is 0 Å². The van der Waals surface area contributed by atoms with Crippen LogP contribution in [0.4, 0.5) is 0 Å². The first kappa shape index (κ1) is 20.5. The third-order valence-corrected chi connectivity index (χ3v) is 6.96. The van der Waals surface area contributed by atoms with Crippen molar-refractivity contribution in [2.75, 3.05) is 32.2 Å². The van der Waals surface area contributed by atoms with Gasteiger partial charge < -0.3 is 10.2 Å². The van der Waals surface area contributed by atoms with Crippen LogP contribution in [0.25, 0.3) is 0 Å². The maximum absolute atomic E-state index is 12.2. The Morgan fingerprint density at radius 1 is 1.32 bits per heavy atom. The minimum absolute atomic E-state index is 0.0670. The predicted molar refractivity (Wildman–Crippen MR) is 97.7 cm³/mol. The Balaban J connectivity index is 1.74. The molecule has 0 aromatic heterocycles. The Morgan fingerprint density at radius 3 is 2.48 bits per heavy atom. The molecule has 1 aliphatic carbocycles. The molecule has 2 fully saturated rings. The number of hydrogen-bond acceptors (Lipinski definition) is 5. The molecule has 0 aromatic rings. The zero-order valence-corrected chi connectivity index (χ0v) is 16.5. The lowest BCUT2D eigenvalue weighted by atomic mass is 9.81. The lowest BCUT2D eigenvalue weighted by molar-refractivity contribution is -0.139. The van der Waals surface area contributed by atoms with Gasteiger partial charge in [-0.25, -0.2) is 0 Å². The minimum atomic E-state index is -3.09. The molecular weight excluding hydrogens is 363 g/mol. The molecule has 2 rings (SSSR count). The summed E-state index contributed by atoms with van der Waals surface area (Å²) < 4.78 is 11.2. The van der Waals surface area contributed by atoms with Crippen molar-refractivity contribution in [1.29, 1.82) is 0 Å². The van der Waals surface area contributed by atoms with Gasteiger partial charge in [-0.3, -0.25) is 23.8 Å². The second kappa shape index (κ2) is 8.69. The van der Waals surface area contributed by atoms with E-state index in [1.807, 2.05) is 6.26 Å². The second-order valence-corrected chi connectivity index (χ2v) is 10.6. The number of carbonyl (C=O) groups is 3. The molecule has 1 aliphatic heterocycles. The summed E-state index contributed by atoms with van der Waals surface area (Å²) in [6, 6.07) is 0. The van der Waals surface area contributed by atoms with Crippen LogP contribution in [0.3, 0.4) is 0 Å². The molecule has 3 amide bonds. The maximum Gasteiger partial charge on any atom is 0.242 e. The van der Waals surface area contributed by atoms with Gasteiger partial charge in [-0.2, -0.15) is 11.8 Å². The molecule has 0 aromatic carbocycles. The average molecular weight is 390 g/mol. The molecule has 25 heavy (non-hydrogen) atoms. The smallest absolute Gasteiger partial charge is 0.242 e. The number of amides is 3. The van der Waals surface area contributed by atoms with Crippen molar-refractivity contribution in [3.63, 3.8) is 0 Å². The zero-order chi connectivity index (χ0) is 18.6. The van der Waals surface area contributed by atoms with Crippen LogP contribution >= 0.6 is 19.1 Å². The molecule has 1 saturated heterocycles. The fourth-order valence-electron chi connectivity index (χ4n) is 3.43. The van der Waals surface area contributed by atoms with Crippen LogP contribution in [-0.4, -0.2) is 64.9 Å². The standard InChI is InChI=1S/C16H27N2O5PS/c1-24(22,23)8-7-17-15(20)12-5-3-11(4-6-12)10-18-14(19)9-13(25-2)16(18)21/h11-13H,3-10H2,1-2H3,(H,17,20)(H,22,23). The van der Waals surface area contributed by atoms with E-state index in [-0.39, 0.29) is 47.5 Å². The van der Waals surface area contributed by atoms with Crippen LogP contribution < -0.4 is 5.32 Å². The first-order valence-electron chi connectivity index (χ1n) is 8.65. The average Bonchev–Trinajstić information content (AvgIpc) is 2.81.